The quantitative estimate of drug-likeness (QED) is 0.447. The summed E-state index contributed by atoms with van der Waals surface area (Å²) >= 11 is 0. The fourth-order valence-corrected chi connectivity index (χ4v) is 3.67. The third-order valence-electron chi connectivity index (χ3n) is 2.53. The fraction of sp³-hybridized carbons (Fsp3) is 0.833. The van der Waals surface area contributed by atoms with Crippen LogP contribution in [0.25, 0.3) is 0 Å². The SMILES string of the molecule is CCCCO[Si](OCCCC)(C(C)=O)C(C)=O. The van der Waals surface area contributed by atoms with Crippen LogP contribution >= 0.6 is 0 Å². The lowest BCUT2D eigenvalue weighted by atomic mass is 10.4. The number of rotatable bonds is 10. The predicted octanol–water partition coefficient (Wildman–Crippen LogP) is 2.32. The Balaban J connectivity index is 4.62. The van der Waals surface area contributed by atoms with Crippen molar-refractivity contribution in [1.29, 1.82) is 0 Å². The summed E-state index contributed by atoms with van der Waals surface area (Å²) in [6.45, 7) is 7.71. The molecular formula is C12H24O4Si. The van der Waals surface area contributed by atoms with Crippen molar-refractivity contribution >= 4 is 19.4 Å². The zero-order chi connectivity index (χ0) is 13.3. The highest BCUT2D eigenvalue weighted by Crippen LogP contribution is 2.13. The molecule has 0 N–H and O–H groups in total. The molecule has 5 heteroatoms. The lowest BCUT2D eigenvalue weighted by Gasteiger charge is -2.25. The standard InChI is InChI=1S/C12H24O4Si/c1-5-7-9-15-17(11(3)13,12(4)14)16-10-8-6-2/h5-10H2,1-4H3. The number of carbonyl (C=O) groups excluding carboxylic acids is 2. The van der Waals surface area contributed by atoms with Gasteiger partial charge in [-0.15, -0.1) is 0 Å². The molecule has 0 aliphatic carbocycles. The summed E-state index contributed by atoms with van der Waals surface area (Å²) in [6, 6.07) is 0. The maximum Gasteiger partial charge on any atom is 0.480 e. The van der Waals surface area contributed by atoms with E-state index < -0.39 is 8.56 Å². The Labute approximate surface area is 105 Å². The van der Waals surface area contributed by atoms with Crippen LogP contribution in [-0.4, -0.2) is 32.6 Å². The first-order valence-corrected chi connectivity index (χ1v) is 8.12. The van der Waals surface area contributed by atoms with Gasteiger partial charge >= 0.3 is 8.56 Å². The summed E-state index contributed by atoms with van der Waals surface area (Å²) in [5.41, 5.74) is 0. The number of hydrogen-bond acceptors (Lipinski definition) is 4. The summed E-state index contributed by atoms with van der Waals surface area (Å²) in [6.07, 6.45) is 3.61. The second-order valence-electron chi connectivity index (χ2n) is 4.13. The van der Waals surface area contributed by atoms with Gasteiger partial charge in [-0.05, 0) is 26.7 Å². The van der Waals surface area contributed by atoms with E-state index in [-0.39, 0.29) is 10.8 Å². The molecule has 0 saturated heterocycles. The van der Waals surface area contributed by atoms with Crippen LogP contribution in [0, 0.1) is 0 Å². The van der Waals surface area contributed by atoms with Crippen LogP contribution in [0.5, 0.6) is 0 Å². The largest absolute Gasteiger partial charge is 0.480 e. The van der Waals surface area contributed by atoms with E-state index in [1.54, 1.807) is 0 Å². The number of carbonyl (C=O) groups is 2. The summed E-state index contributed by atoms with van der Waals surface area (Å²) in [7, 11) is -3.30. The molecule has 4 nitrogen and oxygen atoms in total. The molecule has 0 heterocycles. The van der Waals surface area contributed by atoms with Gasteiger partial charge in [-0.1, -0.05) is 26.7 Å². The summed E-state index contributed by atoms with van der Waals surface area (Å²) in [4.78, 5) is 23.4. The number of hydrogen-bond donors (Lipinski definition) is 0. The molecule has 0 fully saturated rings. The molecule has 0 amide bonds. The molecule has 0 aromatic carbocycles. The minimum atomic E-state index is -3.30. The van der Waals surface area contributed by atoms with Gasteiger partial charge in [0.15, 0.2) is 10.8 Å². The topological polar surface area (TPSA) is 52.6 Å². The van der Waals surface area contributed by atoms with Gasteiger partial charge in [-0.25, -0.2) is 0 Å². The maximum absolute atomic E-state index is 11.7. The van der Waals surface area contributed by atoms with E-state index in [4.69, 9.17) is 8.85 Å². The Hall–Kier alpha value is -0.523. The van der Waals surface area contributed by atoms with Gasteiger partial charge in [0.2, 0.25) is 0 Å². The van der Waals surface area contributed by atoms with Crippen LogP contribution in [-0.2, 0) is 18.4 Å². The van der Waals surface area contributed by atoms with E-state index in [1.165, 1.54) is 13.8 Å². The molecule has 0 aliphatic heterocycles. The molecule has 0 aliphatic rings. The average Bonchev–Trinajstić information content (AvgIpc) is 2.26. The highest BCUT2D eigenvalue weighted by atomic mass is 28.4. The van der Waals surface area contributed by atoms with E-state index in [2.05, 4.69) is 0 Å². The second-order valence-corrected chi connectivity index (χ2v) is 7.35. The Bertz CT molecular complexity index is 227. The van der Waals surface area contributed by atoms with E-state index in [0.717, 1.165) is 25.7 Å². The van der Waals surface area contributed by atoms with Crippen molar-refractivity contribution in [2.24, 2.45) is 0 Å². The monoisotopic (exact) mass is 260 g/mol. The Morgan fingerprint density at radius 1 is 0.882 bits per heavy atom. The summed E-state index contributed by atoms with van der Waals surface area (Å²) in [5, 5.41) is -0.477. The van der Waals surface area contributed by atoms with E-state index in [1.807, 2.05) is 13.8 Å². The van der Waals surface area contributed by atoms with Crippen LogP contribution in [0.15, 0.2) is 0 Å². The molecule has 0 unspecified atom stereocenters. The zero-order valence-electron chi connectivity index (χ0n) is 11.4. The van der Waals surface area contributed by atoms with Gasteiger partial charge in [0.05, 0.1) is 0 Å². The van der Waals surface area contributed by atoms with Crippen LogP contribution < -0.4 is 0 Å². The minimum absolute atomic E-state index is 0.239. The summed E-state index contributed by atoms with van der Waals surface area (Å²) < 4.78 is 11.1. The van der Waals surface area contributed by atoms with Gasteiger partial charge in [0, 0.05) is 13.2 Å². The molecule has 100 valence electrons. The lowest BCUT2D eigenvalue weighted by Crippen LogP contribution is -2.56. The van der Waals surface area contributed by atoms with Crippen LogP contribution in [0.1, 0.15) is 53.4 Å². The average molecular weight is 260 g/mol. The first kappa shape index (κ1) is 16.5. The Kier molecular flexibility index (Phi) is 8.29. The van der Waals surface area contributed by atoms with Gasteiger partial charge in [0.1, 0.15) is 0 Å². The molecule has 0 aromatic heterocycles. The predicted molar refractivity (Wildman–Crippen MR) is 68.8 cm³/mol. The first-order chi connectivity index (χ1) is 8.01. The van der Waals surface area contributed by atoms with Crippen molar-refractivity contribution in [3.63, 3.8) is 0 Å². The minimum Gasteiger partial charge on any atom is -0.384 e. The van der Waals surface area contributed by atoms with E-state index in [0.29, 0.717) is 13.2 Å². The van der Waals surface area contributed by atoms with Crippen molar-refractivity contribution in [3.05, 3.63) is 0 Å². The molecule has 0 atom stereocenters. The van der Waals surface area contributed by atoms with Crippen molar-refractivity contribution in [3.8, 4) is 0 Å². The molecule has 0 aromatic rings. The van der Waals surface area contributed by atoms with E-state index in [9.17, 15) is 9.59 Å². The zero-order valence-corrected chi connectivity index (χ0v) is 12.4. The molecular weight excluding hydrogens is 236 g/mol. The third kappa shape index (κ3) is 5.10. The van der Waals surface area contributed by atoms with Gasteiger partial charge < -0.3 is 8.85 Å². The van der Waals surface area contributed by atoms with Gasteiger partial charge in [-0.3, -0.25) is 9.59 Å². The highest BCUT2D eigenvalue weighted by Gasteiger charge is 2.49. The number of unbranched alkanes of at least 4 members (excludes halogenated alkanes) is 2. The van der Waals surface area contributed by atoms with E-state index >= 15 is 0 Å². The molecule has 0 spiro atoms. The third-order valence-corrected chi connectivity index (χ3v) is 5.61. The van der Waals surface area contributed by atoms with Crippen molar-refractivity contribution in [1.82, 2.24) is 0 Å². The Morgan fingerprint density at radius 2 is 1.24 bits per heavy atom. The van der Waals surface area contributed by atoms with Crippen molar-refractivity contribution < 1.29 is 18.4 Å². The Morgan fingerprint density at radius 3 is 1.47 bits per heavy atom. The smallest absolute Gasteiger partial charge is 0.384 e. The van der Waals surface area contributed by atoms with Gasteiger partial charge in [-0.2, -0.15) is 0 Å². The fourth-order valence-electron chi connectivity index (χ4n) is 1.42. The summed E-state index contributed by atoms with van der Waals surface area (Å²) in [5.74, 6) is 0. The second kappa shape index (κ2) is 8.55. The molecule has 0 rings (SSSR count). The highest BCUT2D eigenvalue weighted by molar-refractivity contribution is 7.17. The first-order valence-electron chi connectivity index (χ1n) is 6.31. The van der Waals surface area contributed by atoms with Crippen LogP contribution in [0.3, 0.4) is 0 Å². The molecule has 0 saturated carbocycles. The normalized spacial score (nSPS) is 11.5. The molecule has 0 bridgehead atoms. The van der Waals surface area contributed by atoms with Crippen LogP contribution in [0.4, 0.5) is 0 Å². The van der Waals surface area contributed by atoms with Crippen molar-refractivity contribution in [2.75, 3.05) is 13.2 Å². The molecule has 17 heavy (non-hydrogen) atoms. The van der Waals surface area contributed by atoms with Gasteiger partial charge in [0.25, 0.3) is 0 Å². The van der Waals surface area contributed by atoms with Crippen LogP contribution in [0.2, 0.25) is 0 Å². The molecule has 0 radical (unpaired) electrons. The lowest BCUT2D eigenvalue weighted by molar-refractivity contribution is -0.120. The van der Waals surface area contributed by atoms with Crippen molar-refractivity contribution in [2.45, 2.75) is 53.4 Å². The maximum atomic E-state index is 11.7.